The number of esters is 2. The van der Waals surface area contributed by atoms with Gasteiger partial charge in [0.05, 0.1) is 27.7 Å². The molecule has 0 aliphatic carbocycles. The summed E-state index contributed by atoms with van der Waals surface area (Å²) in [5.41, 5.74) is 0. The van der Waals surface area contributed by atoms with E-state index in [2.05, 4.69) is 86.8 Å². The predicted octanol–water partition coefficient (Wildman–Crippen LogP) is 20.8. The van der Waals surface area contributed by atoms with Crippen LogP contribution in [-0.4, -0.2) is 74.9 Å². The van der Waals surface area contributed by atoms with E-state index in [1.54, 1.807) is 0 Å². The summed E-state index contributed by atoms with van der Waals surface area (Å²) >= 11 is 0. The summed E-state index contributed by atoms with van der Waals surface area (Å²) in [6, 6.07) is 0. The Bertz CT molecular complexity index is 1550. The number of carbonyl (C=O) groups excluding carboxylic acids is 2. The van der Waals surface area contributed by atoms with Gasteiger partial charge in [0.25, 0.3) is 0 Å². The summed E-state index contributed by atoms with van der Waals surface area (Å²) in [7, 11) is 1.47. The van der Waals surface area contributed by atoms with E-state index in [-0.39, 0.29) is 32.0 Å². The summed E-state index contributed by atoms with van der Waals surface area (Å²) in [4.78, 5) is 35.8. The molecule has 0 rings (SSSR count). The number of phosphoric ester groups is 1. The molecule has 10 heteroatoms. The molecule has 0 saturated heterocycles. The molecule has 0 heterocycles. The van der Waals surface area contributed by atoms with Crippen LogP contribution in [0.5, 0.6) is 0 Å². The fourth-order valence-corrected chi connectivity index (χ4v) is 10.00. The normalized spacial score (nSPS) is 13.7. The number of hydrogen-bond acceptors (Lipinski definition) is 7. The van der Waals surface area contributed by atoms with E-state index in [1.165, 1.54) is 180 Å². The molecular formula is C68H125NO8P+. The monoisotopic (exact) mass is 1110 g/mol. The maximum Gasteiger partial charge on any atom is 0.472 e. The maximum atomic E-state index is 12.9. The second kappa shape index (κ2) is 59.1. The number of rotatable bonds is 60. The molecule has 2 atom stereocenters. The number of nitrogens with zero attached hydrogens (tertiary/aromatic N) is 1. The number of carbonyl (C=O) groups is 2. The second-order valence-electron chi connectivity index (χ2n) is 23.1. The highest BCUT2D eigenvalue weighted by Gasteiger charge is 2.27. The van der Waals surface area contributed by atoms with E-state index in [0.29, 0.717) is 17.4 Å². The highest BCUT2D eigenvalue weighted by molar-refractivity contribution is 7.47. The Balaban J connectivity index is 4.10. The van der Waals surface area contributed by atoms with Gasteiger partial charge in [0.1, 0.15) is 19.8 Å². The van der Waals surface area contributed by atoms with Crippen molar-refractivity contribution in [2.45, 2.75) is 302 Å². The van der Waals surface area contributed by atoms with Crippen molar-refractivity contribution in [3.63, 3.8) is 0 Å². The number of hydrogen-bond donors (Lipinski definition) is 1. The lowest BCUT2D eigenvalue weighted by Crippen LogP contribution is -2.37. The Kier molecular flexibility index (Phi) is 57.2. The molecule has 0 spiro atoms. The quantitative estimate of drug-likeness (QED) is 0.0211. The van der Waals surface area contributed by atoms with Gasteiger partial charge >= 0.3 is 19.8 Å². The zero-order chi connectivity index (χ0) is 57.0. The molecule has 454 valence electrons. The molecule has 0 aliphatic rings. The van der Waals surface area contributed by atoms with Crippen LogP contribution >= 0.6 is 7.82 Å². The van der Waals surface area contributed by atoms with Crippen LogP contribution in [0.3, 0.4) is 0 Å². The van der Waals surface area contributed by atoms with E-state index >= 15 is 0 Å². The van der Waals surface area contributed by atoms with Crippen LogP contribution in [0, 0.1) is 0 Å². The Morgan fingerprint density at radius 3 is 1.09 bits per heavy atom. The highest BCUT2D eigenvalue weighted by atomic mass is 31.2. The molecule has 0 bridgehead atoms. The predicted molar refractivity (Wildman–Crippen MR) is 335 cm³/mol. The van der Waals surface area contributed by atoms with E-state index in [9.17, 15) is 19.0 Å². The summed E-state index contributed by atoms with van der Waals surface area (Å²) in [5.74, 6) is -0.797. The first-order chi connectivity index (χ1) is 38.0. The average Bonchev–Trinajstić information content (AvgIpc) is 3.41. The fourth-order valence-electron chi connectivity index (χ4n) is 9.26. The van der Waals surface area contributed by atoms with E-state index in [1.807, 2.05) is 21.1 Å². The second-order valence-corrected chi connectivity index (χ2v) is 24.6. The van der Waals surface area contributed by atoms with Crippen molar-refractivity contribution in [2.24, 2.45) is 0 Å². The zero-order valence-corrected chi connectivity index (χ0v) is 52.5. The molecule has 0 amide bonds. The number of likely N-dealkylation sites (N-methyl/N-ethyl adjacent to an activating group) is 1. The number of unbranched alkanes of at least 4 members (excludes halogenated alkanes) is 34. The van der Waals surface area contributed by atoms with Gasteiger partial charge in [-0.2, -0.15) is 0 Å². The summed E-state index contributed by atoms with van der Waals surface area (Å²) < 4.78 is 34.7. The lowest BCUT2D eigenvalue weighted by molar-refractivity contribution is -0.870. The molecular weight excluding hydrogens is 990 g/mol. The van der Waals surface area contributed by atoms with Crippen LogP contribution in [0.1, 0.15) is 296 Å². The minimum atomic E-state index is -4.39. The SMILES string of the molecule is CC/C=C\C/C=C\C/C=C\C/C=C\C/C=C\C/C=C\CCCCCCCCCCC(=O)OC(COC(=O)CCCCCCCCCCCCCCCCCCCCCCCCCCCCC)COP(=O)(O)OCC[N+](C)(C)C. The van der Waals surface area contributed by atoms with Crippen molar-refractivity contribution in [2.75, 3.05) is 47.5 Å². The Morgan fingerprint density at radius 2 is 0.731 bits per heavy atom. The molecule has 78 heavy (non-hydrogen) atoms. The van der Waals surface area contributed by atoms with Gasteiger partial charge in [-0.3, -0.25) is 18.6 Å². The summed E-state index contributed by atoms with van der Waals surface area (Å²) in [6.45, 7) is 4.35. The lowest BCUT2D eigenvalue weighted by atomic mass is 10.0. The third-order valence-electron chi connectivity index (χ3n) is 14.3. The highest BCUT2D eigenvalue weighted by Crippen LogP contribution is 2.43. The smallest absolute Gasteiger partial charge is 0.462 e. The first kappa shape index (κ1) is 75.5. The Morgan fingerprint density at radius 1 is 0.410 bits per heavy atom. The van der Waals surface area contributed by atoms with Crippen molar-refractivity contribution >= 4 is 19.8 Å². The molecule has 0 aliphatic heterocycles. The van der Waals surface area contributed by atoms with Crippen molar-refractivity contribution in [3.05, 3.63) is 72.9 Å². The number of quaternary nitrogens is 1. The Labute approximate surface area is 482 Å². The van der Waals surface area contributed by atoms with Crippen LogP contribution in [0.2, 0.25) is 0 Å². The minimum Gasteiger partial charge on any atom is -0.462 e. The van der Waals surface area contributed by atoms with Crippen LogP contribution in [0.25, 0.3) is 0 Å². The van der Waals surface area contributed by atoms with Crippen LogP contribution in [0.15, 0.2) is 72.9 Å². The maximum absolute atomic E-state index is 12.9. The van der Waals surface area contributed by atoms with Crippen molar-refractivity contribution in [3.8, 4) is 0 Å². The number of allylic oxidation sites excluding steroid dienone is 12. The van der Waals surface area contributed by atoms with E-state index in [4.69, 9.17) is 18.5 Å². The van der Waals surface area contributed by atoms with Crippen molar-refractivity contribution in [1.82, 2.24) is 0 Å². The molecule has 9 nitrogen and oxygen atoms in total. The lowest BCUT2D eigenvalue weighted by Gasteiger charge is -2.24. The van der Waals surface area contributed by atoms with Crippen LogP contribution in [0.4, 0.5) is 0 Å². The zero-order valence-electron chi connectivity index (χ0n) is 51.6. The van der Waals surface area contributed by atoms with E-state index < -0.39 is 26.5 Å². The largest absolute Gasteiger partial charge is 0.472 e. The topological polar surface area (TPSA) is 108 Å². The molecule has 2 unspecified atom stereocenters. The molecule has 0 aromatic heterocycles. The first-order valence-electron chi connectivity index (χ1n) is 32.7. The molecule has 0 aromatic carbocycles. The third kappa shape index (κ3) is 62.6. The third-order valence-corrected chi connectivity index (χ3v) is 15.2. The average molecular weight is 1120 g/mol. The molecule has 0 saturated carbocycles. The van der Waals surface area contributed by atoms with Gasteiger partial charge in [0, 0.05) is 12.8 Å². The van der Waals surface area contributed by atoms with Crippen molar-refractivity contribution < 1.29 is 42.1 Å². The molecule has 0 aromatic rings. The number of phosphoric acid groups is 1. The summed E-state index contributed by atoms with van der Waals surface area (Å²) in [6.07, 6.45) is 78.5. The van der Waals surface area contributed by atoms with Gasteiger partial charge in [-0.05, 0) is 64.2 Å². The van der Waals surface area contributed by atoms with Gasteiger partial charge in [0.15, 0.2) is 6.10 Å². The molecule has 0 fully saturated rings. The fraction of sp³-hybridized carbons (Fsp3) is 0.794. The standard InChI is InChI=1S/C68H124NO8P/c1-6-8-10-12-14-16-18-20-22-24-26-28-30-32-34-36-38-40-42-44-46-48-50-52-54-56-58-60-67(70)74-64-66(65-76-78(72,73)75-63-62-69(3,4)5)77-68(71)61-59-57-55-53-51-49-47-45-43-41-39-37-35-33-31-29-27-25-23-21-19-17-15-13-11-9-7-2/h9,11,15,17,21,23,27,29,33,35,39,41,66H,6-8,10,12-14,16,18-20,22,24-26,28,30-32,34,36-38,40,42-65H2,1-5H3/p+1/b11-9-,17-15-,23-21-,29-27-,35-33-,41-39-. The molecule has 0 radical (unpaired) electrons. The van der Waals surface area contributed by atoms with E-state index in [0.717, 1.165) is 83.5 Å². The minimum absolute atomic E-state index is 0.0285. The Hall–Kier alpha value is -2.55. The van der Waals surface area contributed by atoms with Crippen molar-refractivity contribution in [1.29, 1.82) is 0 Å². The van der Waals surface area contributed by atoms with Crippen LogP contribution < -0.4 is 0 Å². The van der Waals surface area contributed by atoms with Crippen LogP contribution in [-0.2, 0) is 32.7 Å². The van der Waals surface area contributed by atoms with Gasteiger partial charge in [-0.1, -0.05) is 292 Å². The van der Waals surface area contributed by atoms with Gasteiger partial charge in [0.2, 0.25) is 0 Å². The number of ether oxygens (including phenoxy) is 2. The van der Waals surface area contributed by atoms with Gasteiger partial charge in [-0.15, -0.1) is 0 Å². The van der Waals surface area contributed by atoms with Gasteiger partial charge < -0.3 is 18.9 Å². The van der Waals surface area contributed by atoms with Gasteiger partial charge in [-0.25, -0.2) is 4.57 Å². The first-order valence-corrected chi connectivity index (χ1v) is 34.2. The summed E-state index contributed by atoms with van der Waals surface area (Å²) in [5, 5.41) is 0. The molecule has 1 N–H and O–H groups in total.